The van der Waals surface area contributed by atoms with Crippen LogP contribution >= 0.6 is 23.2 Å². The van der Waals surface area contributed by atoms with Crippen LogP contribution in [0.4, 0.5) is 0 Å². The van der Waals surface area contributed by atoms with Crippen LogP contribution in [0.3, 0.4) is 0 Å². The minimum Gasteiger partial charge on any atom is -0.489 e. The molecule has 90 valence electrons. The first-order chi connectivity index (χ1) is 8.08. The predicted octanol–water partition coefficient (Wildman–Crippen LogP) is 4.18. The van der Waals surface area contributed by atoms with Crippen molar-refractivity contribution in [3.8, 4) is 5.75 Å². The third-order valence-corrected chi connectivity index (χ3v) is 3.19. The number of aromatic nitrogens is 1. The van der Waals surface area contributed by atoms with Crippen molar-refractivity contribution in [3.63, 3.8) is 0 Å². The van der Waals surface area contributed by atoms with Crippen molar-refractivity contribution in [1.29, 1.82) is 0 Å². The third-order valence-electron chi connectivity index (χ3n) is 2.46. The van der Waals surface area contributed by atoms with E-state index in [-0.39, 0.29) is 0 Å². The Bertz CT molecular complexity index is 518. The molecule has 0 fully saturated rings. The molecule has 17 heavy (non-hydrogen) atoms. The first-order valence-corrected chi connectivity index (χ1v) is 5.83. The van der Waals surface area contributed by atoms with Gasteiger partial charge in [0.05, 0.1) is 21.3 Å². The van der Waals surface area contributed by atoms with Gasteiger partial charge in [-0.05, 0) is 26.0 Å². The lowest BCUT2D eigenvalue weighted by Gasteiger charge is -2.06. The van der Waals surface area contributed by atoms with E-state index in [0.717, 1.165) is 17.0 Å². The molecule has 0 aliphatic heterocycles. The molecular weight excluding hydrogens is 261 g/mol. The summed E-state index contributed by atoms with van der Waals surface area (Å²) in [5.41, 5.74) is 1.79. The number of rotatable bonds is 3. The molecule has 2 aromatic rings. The standard InChI is InChI=1S/C12H11Cl2NO2/c1-7-10(8(2)17-15-7)6-16-9-3-4-11(13)12(14)5-9/h3-5H,6H2,1-2H3. The molecule has 0 N–H and O–H groups in total. The predicted molar refractivity (Wildman–Crippen MR) is 66.8 cm³/mol. The van der Waals surface area contributed by atoms with Gasteiger partial charge in [0.25, 0.3) is 0 Å². The Hall–Kier alpha value is -1.19. The Morgan fingerprint density at radius 1 is 1.24 bits per heavy atom. The molecule has 0 unspecified atom stereocenters. The molecule has 0 saturated heterocycles. The fraction of sp³-hybridized carbons (Fsp3) is 0.250. The number of halogens is 2. The molecule has 0 radical (unpaired) electrons. The fourth-order valence-electron chi connectivity index (χ4n) is 1.43. The van der Waals surface area contributed by atoms with Crippen LogP contribution in [0.1, 0.15) is 17.0 Å². The number of nitrogens with zero attached hydrogens (tertiary/aromatic N) is 1. The van der Waals surface area contributed by atoms with Crippen molar-refractivity contribution >= 4 is 23.2 Å². The van der Waals surface area contributed by atoms with E-state index in [2.05, 4.69) is 5.16 Å². The van der Waals surface area contributed by atoms with Crippen molar-refractivity contribution in [3.05, 3.63) is 45.3 Å². The molecule has 0 bridgehead atoms. The Labute approximate surface area is 109 Å². The summed E-state index contributed by atoms with van der Waals surface area (Å²) in [6.07, 6.45) is 0. The molecular formula is C12H11Cl2NO2. The molecule has 2 rings (SSSR count). The van der Waals surface area contributed by atoms with E-state index in [4.69, 9.17) is 32.5 Å². The van der Waals surface area contributed by atoms with Crippen molar-refractivity contribution in [2.75, 3.05) is 0 Å². The highest BCUT2D eigenvalue weighted by atomic mass is 35.5. The molecule has 0 aliphatic rings. The molecule has 0 amide bonds. The Balaban J connectivity index is 2.10. The molecule has 0 atom stereocenters. The number of aryl methyl sites for hydroxylation is 2. The van der Waals surface area contributed by atoms with Gasteiger partial charge in [0, 0.05) is 6.07 Å². The van der Waals surface area contributed by atoms with Gasteiger partial charge in [0.2, 0.25) is 0 Å². The van der Waals surface area contributed by atoms with E-state index in [1.807, 2.05) is 13.8 Å². The number of ether oxygens (including phenoxy) is 1. The fourth-order valence-corrected chi connectivity index (χ4v) is 1.72. The van der Waals surface area contributed by atoms with Gasteiger partial charge >= 0.3 is 0 Å². The summed E-state index contributed by atoms with van der Waals surface area (Å²) >= 11 is 11.7. The smallest absolute Gasteiger partial charge is 0.140 e. The van der Waals surface area contributed by atoms with Gasteiger partial charge in [-0.25, -0.2) is 0 Å². The van der Waals surface area contributed by atoms with Crippen LogP contribution in [0.5, 0.6) is 5.75 Å². The number of benzene rings is 1. The Morgan fingerprint density at radius 2 is 2.00 bits per heavy atom. The highest BCUT2D eigenvalue weighted by Gasteiger charge is 2.09. The summed E-state index contributed by atoms with van der Waals surface area (Å²) in [7, 11) is 0. The second-order valence-electron chi connectivity index (χ2n) is 3.67. The maximum atomic E-state index is 5.89. The van der Waals surface area contributed by atoms with Gasteiger partial charge in [0.1, 0.15) is 18.1 Å². The van der Waals surface area contributed by atoms with Crippen LogP contribution in [-0.2, 0) is 6.61 Å². The average Bonchev–Trinajstić information content (AvgIpc) is 2.61. The van der Waals surface area contributed by atoms with Gasteiger partial charge in [-0.3, -0.25) is 0 Å². The minimum atomic E-state index is 0.402. The molecule has 0 aliphatic carbocycles. The van der Waals surface area contributed by atoms with Gasteiger partial charge in [-0.2, -0.15) is 0 Å². The van der Waals surface area contributed by atoms with Gasteiger partial charge in [-0.1, -0.05) is 28.4 Å². The quantitative estimate of drug-likeness (QED) is 0.840. The van der Waals surface area contributed by atoms with E-state index < -0.39 is 0 Å². The van der Waals surface area contributed by atoms with Gasteiger partial charge < -0.3 is 9.26 Å². The minimum absolute atomic E-state index is 0.402. The lowest BCUT2D eigenvalue weighted by Crippen LogP contribution is -1.97. The zero-order chi connectivity index (χ0) is 12.4. The maximum absolute atomic E-state index is 5.89. The molecule has 1 heterocycles. The molecule has 1 aromatic carbocycles. The third kappa shape index (κ3) is 2.73. The van der Waals surface area contributed by atoms with Crippen molar-refractivity contribution < 1.29 is 9.26 Å². The molecule has 5 heteroatoms. The molecule has 0 saturated carbocycles. The van der Waals surface area contributed by atoms with E-state index >= 15 is 0 Å². The Morgan fingerprint density at radius 3 is 2.59 bits per heavy atom. The highest BCUT2D eigenvalue weighted by molar-refractivity contribution is 6.42. The molecule has 0 spiro atoms. The van der Waals surface area contributed by atoms with E-state index in [1.54, 1.807) is 18.2 Å². The monoisotopic (exact) mass is 271 g/mol. The van der Waals surface area contributed by atoms with E-state index in [1.165, 1.54) is 0 Å². The molecule has 1 aromatic heterocycles. The summed E-state index contributed by atoms with van der Waals surface area (Å²) in [6.45, 7) is 4.14. The lowest BCUT2D eigenvalue weighted by atomic mass is 10.2. The summed E-state index contributed by atoms with van der Waals surface area (Å²) < 4.78 is 10.7. The summed E-state index contributed by atoms with van der Waals surface area (Å²) in [4.78, 5) is 0. The number of hydrogen-bond acceptors (Lipinski definition) is 3. The SMILES string of the molecule is Cc1noc(C)c1COc1ccc(Cl)c(Cl)c1. The first kappa shape index (κ1) is 12.3. The lowest BCUT2D eigenvalue weighted by molar-refractivity contribution is 0.302. The maximum Gasteiger partial charge on any atom is 0.140 e. The summed E-state index contributed by atoms with van der Waals surface area (Å²) in [5, 5.41) is 4.84. The topological polar surface area (TPSA) is 35.3 Å². The largest absolute Gasteiger partial charge is 0.489 e. The van der Waals surface area contributed by atoms with Crippen LogP contribution < -0.4 is 4.74 Å². The van der Waals surface area contributed by atoms with Gasteiger partial charge in [-0.15, -0.1) is 0 Å². The summed E-state index contributed by atoms with van der Waals surface area (Å²) in [5.74, 6) is 1.43. The number of hydrogen-bond donors (Lipinski definition) is 0. The Kier molecular flexibility index (Phi) is 3.60. The van der Waals surface area contributed by atoms with Crippen LogP contribution in [0, 0.1) is 13.8 Å². The zero-order valence-electron chi connectivity index (χ0n) is 9.46. The molecule has 3 nitrogen and oxygen atoms in total. The average molecular weight is 272 g/mol. The first-order valence-electron chi connectivity index (χ1n) is 5.07. The van der Waals surface area contributed by atoms with Crippen LogP contribution in [0.15, 0.2) is 22.7 Å². The van der Waals surface area contributed by atoms with E-state index in [9.17, 15) is 0 Å². The second kappa shape index (κ2) is 4.98. The highest BCUT2D eigenvalue weighted by Crippen LogP contribution is 2.27. The summed E-state index contributed by atoms with van der Waals surface area (Å²) in [6, 6.07) is 5.15. The van der Waals surface area contributed by atoms with Crippen LogP contribution in [-0.4, -0.2) is 5.16 Å². The van der Waals surface area contributed by atoms with Crippen LogP contribution in [0.2, 0.25) is 10.0 Å². The van der Waals surface area contributed by atoms with Crippen molar-refractivity contribution in [1.82, 2.24) is 5.16 Å². The van der Waals surface area contributed by atoms with Gasteiger partial charge in [0.15, 0.2) is 0 Å². The van der Waals surface area contributed by atoms with Crippen molar-refractivity contribution in [2.24, 2.45) is 0 Å². The normalized spacial score (nSPS) is 10.6. The second-order valence-corrected chi connectivity index (χ2v) is 4.48. The van der Waals surface area contributed by atoms with E-state index in [0.29, 0.717) is 22.4 Å². The van der Waals surface area contributed by atoms with Crippen molar-refractivity contribution in [2.45, 2.75) is 20.5 Å². The zero-order valence-corrected chi connectivity index (χ0v) is 11.0. The van der Waals surface area contributed by atoms with Crippen LogP contribution in [0.25, 0.3) is 0 Å².